The second-order valence-corrected chi connectivity index (χ2v) is 4.97. The van der Waals surface area contributed by atoms with Crippen molar-refractivity contribution >= 4 is 11.5 Å². The number of carbonyl (C=O) groups excluding carboxylic acids is 1. The minimum atomic E-state index is -0.913. The highest BCUT2D eigenvalue weighted by atomic mass is 16.6. The summed E-state index contributed by atoms with van der Waals surface area (Å²) in [6, 6.07) is 0. The molecule has 1 saturated carbocycles. The monoisotopic (exact) mass is 281 g/mol. The van der Waals surface area contributed by atoms with Gasteiger partial charge in [0.2, 0.25) is 0 Å². The van der Waals surface area contributed by atoms with E-state index in [1.807, 2.05) is 0 Å². The normalized spacial score (nSPS) is 18.4. The van der Waals surface area contributed by atoms with E-state index < -0.39 is 21.9 Å². The Labute approximate surface area is 113 Å². The fraction of sp³-hybridized carbons (Fsp3) is 0.583. The first-order valence-corrected chi connectivity index (χ1v) is 6.39. The molecule has 8 nitrogen and oxygen atoms in total. The fourth-order valence-electron chi connectivity index (χ4n) is 2.51. The summed E-state index contributed by atoms with van der Waals surface area (Å²) in [7, 11) is 1.35. The predicted octanol–water partition coefficient (Wildman–Crippen LogP) is 0.214. The summed E-state index contributed by atoms with van der Waals surface area (Å²) < 4.78 is 1.85. The van der Waals surface area contributed by atoms with Crippen LogP contribution in [0.2, 0.25) is 0 Å². The molecule has 2 rings (SSSR count). The van der Waals surface area contributed by atoms with Crippen LogP contribution in [0.1, 0.15) is 25.7 Å². The summed E-state index contributed by atoms with van der Waals surface area (Å²) >= 11 is 0. The molecule has 1 fully saturated rings. The minimum Gasteiger partial charge on any atom is -0.299 e. The summed E-state index contributed by atoms with van der Waals surface area (Å²) in [6.45, 7) is 0.0313. The lowest BCUT2D eigenvalue weighted by Gasteiger charge is -2.10. The molecule has 0 spiro atoms. The van der Waals surface area contributed by atoms with E-state index >= 15 is 0 Å². The summed E-state index contributed by atoms with van der Waals surface area (Å²) in [5, 5.41) is 10.8. The summed E-state index contributed by atoms with van der Waals surface area (Å²) in [5.74, 6) is -0.00817. The van der Waals surface area contributed by atoms with Crippen molar-refractivity contribution < 1.29 is 9.72 Å². The second kappa shape index (κ2) is 5.40. The van der Waals surface area contributed by atoms with Crippen LogP contribution in [0.3, 0.4) is 0 Å². The molecule has 1 atom stereocenters. The van der Waals surface area contributed by atoms with Crippen LogP contribution in [-0.2, 0) is 18.4 Å². The number of aromatic nitrogens is 2. The van der Waals surface area contributed by atoms with Crippen molar-refractivity contribution in [3.63, 3.8) is 0 Å². The number of nitrogens with zero attached hydrogens (tertiary/aromatic N) is 3. The van der Waals surface area contributed by atoms with Gasteiger partial charge in [-0.1, -0.05) is 0 Å². The van der Waals surface area contributed by atoms with Crippen molar-refractivity contribution in [3.8, 4) is 0 Å². The zero-order valence-corrected chi connectivity index (χ0v) is 11.1. The van der Waals surface area contributed by atoms with Gasteiger partial charge in [-0.2, -0.15) is 0 Å². The van der Waals surface area contributed by atoms with Crippen molar-refractivity contribution in [2.75, 3.05) is 0 Å². The van der Waals surface area contributed by atoms with Gasteiger partial charge in [0.1, 0.15) is 5.78 Å². The Hall–Kier alpha value is -2.25. The van der Waals surface area contributed by atoms with E-state index in [0.29, 0.717) is 12.8 Å². The van der Waals surface area contributed by atoms with Crippen molar-refractivity contribution in [3.05, 3.63) is 37.1 Å². The van der Waals surface area contributed by atoms with Gasteiger partial charge in [-0.3, -0.25) is 28.8 Å². The van der Waals surface area contributed by atoms with Gasteiger partial charge in [0.25, 0.3) is 0 Å². The molecule has 1 aliphatic carbocycles. The lowest BCUT2D eigenvalue weighted by Crippen LogP contribution is -2.40. The maximum Gasteiger partial charge on any atom is 0.350 e. The highest BCUT2D eigenvalue weighted by Gasteiger charge is 2.25. The van der Waals surface area contributed by atoms with Gasteiger partial charge in [-0.15, -0.1) is 0 Å². The molecular formula is C12H15N3O5. The Morgan fingerprint density at radius 2 is 2.10 bits per heavy atom. The number of Topliss-reactive ketones (excluding diaryl/α,β-unsaturated/α-hetero) is 1. The van der Waals surface area contributed by atoms with Crippen molar-refractivity contribution in [2.24, 2.45) is 13.0 Å². The van der Waals surface area contributed by atoms with Gasteiger partial charge >= 0.3 is 16.9 Å². The van der Waals surface area contributed by atoms with E-state index in [1.165, 1.54) is 7.05 Å². The maximum absolute atomic E-state index is 11.9. The van der Waals surface area contributed by atoms with Crippen LogP contribution in [-0.4, -0.2) is 19.8 Å². The van der Waals surface area contributed by atoms with E-state index in [2.05, 4.69) is 0 Å². The smallest absolute Gasteiger partial charge is 0.299 e. The fourth-order valence-corrected chi connectivity index (χ4v) is 2.51. The third-order valence-electron chi connectivity index (χ3n) is 3.64. The quantitative estimate of drug-likeness (QED) is 0.579. The van der Waals surface area contributed by atoms with Gasteiger partial charge in [0.15, 0.2) is 0 Å². The summed E-state index contributed by atoms with van der Waals surface area (Å²) in [4.78, 5) is 45.3. The predicted molar refractivity (Wildman–Crippen MR) is 69.6 cm³/mol. The Morgan fingerprint density at radius 3 is 2.65 bits per heavy atom. The van der Waals surface area contributed by atoms with Gasteiger partial charge in [-0.05, 0) is 19.3 Å². The molecule has 0 aromatic carbocycles. The average molecular weight is 281 g/mol. The molecule has 0 bridgehead atoms. The molecule has 1 aromatic heterocycles. The molecule has 1 heterocycles. The maximum atomic E-state index is 11.9. The number of ketones is 1. The van der Waals surface area contributed by atoms with Gasteiger partial charge in [-0.25, -0.2) is 4.79 Å². The molecule has 1 aliphatic rings. The second-order valence-electron chi connectivity index (χ2n) is 4.97. The largest absolute Gasteiger partial charge is 0.350 e. The van der Waals surface area contributed by atoms with Crippen molar-refractivity contribution in [1.29, 1.82) is 0 Å². The Bertz CT molecular complexity index is 673. The zero-order chi connectivity index (χ0) is 14.9. The molecule has 0 aliphatic heterocycles. The van der Waals surface area contributed by atoms with Crippen LogP contribution in [0.25, 0.3) is 0 Å². The third-order valence-corrected chi connectivity index (χ3v) is 3.64. The van der Waals surface area contributed by atoms with E-state index in [1.54, 1.807) is 0 Å². The van der Waals surface area contributed by atoms with E-state index in [4.69, 9.17) is 0 Å². The molecule has 20 heavy (non-hydrogen) atoms. The molecule has 0 radical (unpaired) electrons. The number of hydrogen-bond donors (Lipinski definition) is 0. The number of nitro groups is 1. The van der Waals surface area contributed by atoms with Crippen LogP contribution in [0.4, 0.5) is 5.69 Å². The molecule has 1 aromatic rings. The lowest BCUT2D eigenvalue weighted by molar-refractivity contribution is -0.387. The number of aryl methyl sites for hydroxylation is 1. The number of hydrogen-bond acceptors (Lipinski definition) is 5. The van der Waals surface area contributed by atoms with Crippen LogP contribution < -0.4 is 11.2 Å². The molecule has 0 amide bonds. The standard InChI is InChI=1S/C12H15N3O5/c1-13-7-9(15(19)20)11(17)14(12(13)18)6-5-8-3-2-4-10(8)16/h7-8H,2-6H2,1H3. The van der Waals surface area contributed by atoms with Crippen molar-refractivity contribution in [2.45, 2.75) is 32.2 Å². The first-order valence-electron chi connectivity index (χ1n) is 6.39. The van der Waals surface area contributed by atoms with Gasteiger partial charge in [0, 0.05) is 25.9 Å². The molecule has 108 valence electrons. The van der Waals surface area contributed by atoms with Crippen molar-refractivity contribution in [1.82, 2.24) is 9.13 Å². The number of rotatable bonds is 4. The Kier molecular flexibility index (Phi) is 3.82. The summed E-state index contributed by atoms with van der Waals surface area (Å²) in [6.07, 6.45) is 3.40. The van der Waals surface area contributed by atoms with Crippen LogP contribution >= 0.6 is 0 Å². The molecule has 0 N–H and O–H groups in total. The lowest BCUT2D eigenvalue weighted by atomic mass is 10.0. The van der Waals surface area contributed by atoms with Crippen LogP contribution in [0.5, 0.6) is 0 Å². The van der Waals surface area contributed by atoms with Crippen LogP contribution in [0, 0.1) is 16.0 Å². The zero-order valence-electron chi connectivity index (χ0n) is 11.1. The Morgan fingerprint density at radius 1 is 1.40 bits per heavy atom. The third kappa shape index (κ3) is 2.54. The molecule has 0 saturated heterocycles. The molecular weight excluding hydrogens is 266 g/mol. The molecule has 1 unspecified atom stereocenters. The minimum absolute atomic E-state index is 0.0313. The van der Waals surface area contributed by atoms with E-state index in [0.717, 1.165) is 28.2 Å². The average Bonchev–Trinajstić information content (AvgIpc) is 2.79. The van der Waals surface area contributed by atoms with E-state index in [9.17, 15) is 24.5 Å². The first-order chi connectivity index (χ1) is 9.41. The van der Waals surface area contributed by atoms with Crippen LogP contribution in [0.15, 0.2) is 15.8 Å². The topological polar surface area (TPSA) is 104 Å². The summed E-state index contributed by atoms with van der Waals surface area (Å²) in [5.41, 5.74) is -2.15. The van der Waals surface area contributed by atoms with Gasteiger partial charge < -0.3 is 0 Å². The Balaban J connectivity index is 2.31. The number of carbonyl (C=O) groups is 1. The van der Waals surface area contributed by atoms with E-state index in [-0.39, 0.29) is 18.2 Å². The SMILES string of the molecule is Cn1cc([N+](=O)[O-])c(=O)n(CCC2CCCC2=O)c1=O. The first kappa shape index (κ1) is 14.2. The highest BCUT2D eigenvalue weighted by molar-refractivity contribution is 5.82. The van der Waals surface area contributed by atoms with Gasteiger partial charge in [0.05, 0.1) is 11.1 Å². The molecule has 8 heteroatoms. The highest BCUT2D eigenvalue weighted by Crippen LogP contribution is 2.24.